The highest BCUT2D eigenvalue weighted by Crippen LogP contribution is 2.36. The molecule has 1 aromatic heterocycles. The van der Waals surface area contributed by atoms with E-state index in [2.05, 4.69) is 29.2 Å². The van der Waals surface area contributed by atoms with Crippen LogP contribution < -0.4 is 14.5 Å². The molecule has 0 radical (unpaired) electrons. The maximum atomic E-state index is 14.3. The molecule has 3 aliphatic rings. The minimum Gasteiger partial charge on any atom is -0.497 e. The van der Waals surface area contributed by atoms with Gasteiger partial charge in [-0.25, -0.2) is 4.68 Å². The molecule has 43 heavy (non-hydrogen) atoms. The van der Waals surface area contributed by atoms with Crippen molar-refractivity contribution in [3.05, 3.63) is 89.6 Å². The van der Waals surface area contributed by atoms with E-state index in [0.29, 0.717) is 25.1 Å². The van der Waals surface area contributed by atoms with E-state index in [-0.39, 0.29) is 11.8 Å². The maximum absolute atomic E-state index is 14.3. The average Bonchev–Trinajstić information content (AvgIpc) is 3.71. The van der Waals surface area contributed by atoms with Crippen LogP contribution in [0.4, 0.5) is 11.4 Å². The number of carbonyl (C=O) groups is 2. The predicted molar refractivity (Wildman–Crippen MR) is 168 cm³/mol. The lowest BCUT2D eigenvalue weighted by Crippen LogP contribution is -2.39. The molecule has 0 N–H and O–H groups in total. The van der Waals surface area contributed by atoms with Gasteiger partial charge in [0.25, 0.3) is 5.91 Å². The Morgan fingerprint density at radius 2 is 1.40 bits per heavy atom. The van der Waals surface area contributed by atoms with Crippen molar-refractivity contribution in [1.29, 1.82) is 0 Å². The first kappa shape index (κ1) is 27.4. The van der Waals surface area contributed by atoms with Crippen LogP contribution in [-0.4, -0.2) is 59.8 Å². The average molecular weight is 576 g/mol. The van der Waals surface area contributed by atoms with Gasteiger partial charge < -0.3 is 14.5 Å². The first-order chi connectivity index (χ1) is 21.1. The molecule has 0 aliphatic carbocycles. The van der Waals surface area contributed by atoms with Gasteiger partial charge in [-0.05, 0) is 99.3 Å². The summed E-state index contributed by atoms with van der Waals surface area (Å²) in [6.07, 6.45) is 5.72. The van der Waals surface area contributed by atoms with Crippen molar-refractivity contribution in [3.8, 4) is 22.7 Å². The van der Waals surface area contributed by atoms with Gasteiger partial charge in [0.1, 0.15) is 11.4 Å². The fourth-order valence-corrected chi connectivity index (χ4v) is 6.70. The number of ether oxygens (including phenoxy) is 1. The van der Waals surface area contributed by atoms with Crippen LogP contribution in [0.1, 0.15) is 53.7 Å². The Balaban J connectivity index is 1.27. The summed E-state index contributed by atoms with van der Waals surface area (Å²) in [6, 6.07) is 24.0. The van der Waals surface area contributed by atoms with Gasteiger partial charge in [-0.2, -0.15) is 5.10 Å². The number of anilines is 2. The lowest BCUT2D eigenvalue weighted by molar-refractivity contribution is -0.119. The molecule has 0 spiro atoms. The molecule has 220 valence electrons. The summed E-state index contributed by atoms with van der Waals surface area (Å²) in [7, 11) is 1.65. The van der Waals surface area contributed by atoms with Crippen molar-refractivity contribution in [2.75, 3.05) is 43.1 Å². The van der Waals surface area contributed by atoms with Crippen LogP contribution >= 0.6 is 0 Å². The lowest BCUT2D eigenvalue weighted by atomic mass is 9.95. The molecule has 2 saturated heterocycles. The van der Waals surface area contributed by atoms with Gasteiger partial charge >= 0.3 is 0 Å². The highest BCUT2D eigenvalue weighted by Gasteiger charge is 2.34. The number of carbonyl (C=O) groups excluding carboxylic acids is 2. The number of rotatable bonds is 7. The molecule has 3 aromatic carbocycles. The third-order valence-electron chi connectivity index (χ3n) is 9.00. The third kappa shape index (κ3) is 5.20. The molecular formula is C35H37N5O3. The fourth-order valence-electron chi connectivity index (χ4n) is 6.70. The molecular weight excluding hydrogens is 538 g/mol. The van der Waals surface area contributed by atoms with Gasteiger partial charge in [-0.1, -0.05) is 24.3 Å². The highest BCUT2D eigenvalue weighted by molar-refractivity contribution is 6.08. The summed E-state index contributed by atoms with van der Waals surface area (Å²) in [5.74, 6) is 0.842. The second-order valence-corrected chi connectivity index (χ2v) is 11.7. The number of benzene rings is 3. The highest BCUT2D eigenvalue weighted by atomic mass is 16.5. The van der Waals surface area contributed by atoms with Crippen LogP contribution in [-0.2, 0) is 17.8 Å². The minimum absolute atomic E-state index is 0.0744. The standard InChI is InChI=1S/C35H37N5O3/c1-43-29-17-15-28(16-18-29)40-34-31(33(36-40)30-9-3-2-8-25(30)24-37-20-6-7-21-37)19-23-39(35(34)42)27-13-11-26(12-14-27)38-22-5-4-10-32(38)41/h2-3,8-9,11-18H,4-7,10,19-24H2,1H3. The number of methoxy groups -OCH3 is 1. The van der Waals surface area contributed by atoms with Crippen LogP contribution in [0.3, 0.4) is 0 Å². The first-order valence-electron chi connectivity index (χ1n) is 15.4. The summed E-state index contributed by atoms with van der Waals surface area (Å²) >= 11 is 0. The summed E-state index contributed by atoms with van der Waals surface area (Å²) in [5, 5.41) is 5.15. The van der Waals surface area contributed by atoms with E-state index >= 15 is 0 Å². The fraction of sp³-hybridized carbons (Fsp3) is 0.343. The molecule has 2 amide bonds. The zero-order chi connectivity index (χ0) is 29.3. The van der Waals surface area contributed by atoms with Gasteiger partial charge in [0, 0.05) is 48.6 Å². The van der Waals surface area contributed by atoms with E-state index in [9.17, 15) is 9.59 Å². The number of aromatic nitrogens is 2. The van der Waals surface area contributed by atoms with Crippen LogP contribution in [0.2, 0.25) is 0 Å². The molecule has 3 aliphatic heterocycles. The predicted octanol–water partition coefficient (Wildman–Crippen LogP) is 5.86. The Kier molecular flexibility index (Phi) is 7.45. The summed E-state index contributed by atoms with van der Waals surface area (Å²) in [4.78, 5) is 33.0. The van der Waals surface area contributed by atoms with Crippen LogP contribution in [0.5, 0.6) is 5.75 Å². The quantitative estimate of drug-likeness (QED) is 0.276. The summed E-state index contributed by atoms with van der Waals surface area (Å²) in [5.41, 5.74) is 7.32. The molecule has 0 atom stereocenters. The monoisotopic (exact) mass is 575 g/mol. The van der Waals surface area contributed by atoms with E-state index in [1.54, 1.807) is 7.11 Å². The number of hydrogen-bond acceptors (Lipinski definition) is 5. The Morgan fingerprint density at radius 1 is 0.721 bits per heavy atom. The van der Waals surface area contributed by atoms with Crippen LogP contribution in [0, 0.1) is 0 Å². The summed E-state index contributed by atoms with van der Waals surface area (Å²) < 4.78 is 7.20. The topological polar surface area (TPSA) is 70.9 Å². The Hall–Kier alpha value is -4.43. The van der Waals surface area contributed by atoms with Crippen molar-refractivity contribution in [2.45, 2.75) is 45.1 Å². The van der Waals surface area contributed by atoms with Gasteiger partial charge in [-0.15, -0.1) is 0 Å². The molecule has 8 nitrogen and oxygen atoms in total. The largest absolute Gasteiger partial charge is 0.497 e. The van der Waals surface area contributed by atoms with Gasteiger partial charge in [-0.3, -0.25) is 14.5 Å². The molecule has 8 heteroatoms. The van der Waals surface area contributed by atoms with E-state index in [4.69, 9.17) is 9.84 Å². The van der Waals surface area contributed by atoms with Crippen molar-refractivity contribution in [1.82, 2.24) is 14.7 Å². The Bertz CT molecular complexity index is 1640. The van der Waals surface area contributed by atoms with E-state index < -0.39 is 0 Å². The van der Waals surface area contributed by atoms with Crippen molar-refractivity contribution in [2.24, 2.45) is 0 Å². The molecule has 7 rings (SSSR count). The zero-order valence-corrected chi connectivity index (χ0v) is 24.7. The van der Waals surface area contributed by atoms with Crippen molar-refractivity contribution < 1.29 is 14.3 Å². The molecule has 0 unspecified atom stereocenters. The van der Waals surface area contributed by atoms with Gasteiger partial charge in [0.05, 0.1) is 18.5 Å². The van der Waals surface area contributed by atoms with Gasteiger partial charge in [0.2, 0.25) is 5.91 Å². The normalized spacial score (nSPS) is 17.4. The van der Waals surface area contributed by atoms with Crippen LogP contribution in [0.15, 0.2) is 72.8 Å². The third-order valence-corrected chi connectivity index (χ3v) is 9.00. The Labute approximate surface area is 252 Å². The number of piperidine rings is 1. The first-order valence-corrected chi connectivity index (χ1v) is 15.4. The van der Waals surface area contributed by atoms with Crippen molar-refractivity contribution >= 4 is 23.2 Å². The molecule has 0 saturated carbocycles. The number of amides is 2. The van der Waals surface area contributed by atoms with E-state index in [1.807, 2.05) is 63.0 Å². The number of fused-ring (bicyclic) bond motifs is 1. The number of nitrogens with zero attached hydrogens (tertiary/aromatic N) is 5. The molecule has 0 bridgehead atoms. The molecule has 2 fully saturated rings. The second-order valence-electron chi connectivity index (χ2n) is 11.7. The number of hydrogen-bond donors (Lipinski definition) is 0. The maximum Gasteiger partial charge on any atom is 0.277 e. The second kappa shape index (κ2) is 11.7. The molecule has 4 heterocycles. The SMILES string of the molecule is COc1ccc(-n2nc(-c3ccccc3CN3CCCC3)c3c2C(=O)N(c2ccc(N4CCCCC4=O)cc2)CC3)cc1. The van der Waals surface area contributed by atoms with E-state index in [0.717, 1.165) is 78.7 Å². The molecule has 4 aromatic rings. The van der Waals surface area contributed by atoms with Gasteiger partial charge in [0.15, 0.2) is 0 Å². The van der Waals surface area contributed by atoms with Crippen molar-refractivity contribution in [3.63, 3.8) is 0 Å². The lowest BCUT2D eigenvalue weighted by Gasteiger charge is -2.30. The summed E-state index contributed by atoms with van der Waals surface area (Å²) in [6.45, 7) is 4.42. The van der Waals surface area contributed by atoms with Crippen LogP contribution in [0.25, 0.3) is 16.9 Å². The number of likely N-dealkylation sites (tertiary alicyclic amines) is 1. The minimum atomic E-state index is -0.0744. The zero-order valence-electron chi connectivity index (χ0n) is 24.7. The Morgan fingerprint density at radius 3 is 2.12 bits per heavy atom. The van der Waals surface area contributed by atoms with E-state index in [1.165, 1.54) is 18.4 Å². The smallest absolute Gasteiger partial charge is 0.277 e.